The highest BCUT2D eigenvalue weighted by Crippen LogP contribution is 2.48. The minimum atomic E-state index is -0.587. The summed E-state index contributed by atoms with van der Waals surface area (Å²) in [4.78, 5) is 26.3. The van der Waals surface area contributed by atoms with Gasteiger partial charge in [0.1, 0.15) is 5.75 Å². The Morgan fingerprint density at radius 3 is 2.72 bits per heavy atom. The molecule has 2 aliphatic heterocycles. The van der Waals surface area contributed by atoms with Gasteiger partial charge in [0.25, 0.3) is 0 Å². The number of carbonyl (C=O) groups is 2. The van der Waals surface area contributed by atoms with Gasteiger partial charge in [-0.15, -0.1) is 0 Å². The van der Waals surface area contributed by atoms with Crippen molar-refractivity contribution in [3.63, 3.8) is 0 Å². The van der Waals surface area contributed by atoms with Crippen LogP contribution in [0.4, 0.5) is 0 Å². The van der Waals surface area contributed by atoms with E-state index in [4.69, 9.17) is 9.47 Å². The predicted octanol–water partition coefficient (Wildman–Crippen LogP) is 4.21. The van der Waals surface area contributed by atoms with Crippen LogP contribution in [0, 0.1) is 0 Å². The van der Waals surface area contributed by atoms with Crippen molar-refractivity contribution in [2.45, 2.75) is 16.2 Å². The maximum atomic E-state index is 12.2. The van der Waals surface area contributed by atoms with Crippen LogP contribution >= 0.6 is 11.8 Å². The summed E-state index contributed by atoms with van der Waals surface area (Å²) in [6, 6.07) is 13.7. The maximum absolute atomic E-state index is 12.2. The molecule has 3 aromatic rings. The van der Waals surface area contributed by atoms with E-state index in [1.165, 1.54) is 10.5 Å². The molecule has 5 rings (SSSR count). The van der Waals surface area contributed by atoms with E-state index in [9.17, 15) is 9.59 Å². The van der Waals surface area contributed by atoms with Crippen LogP contribution < -0.4 is 4.74 Å². The van der Waals surface area contributed by atoms with Crippen LogP contribution in [-0.4, -0.2) is 19.0 Å². The van der Waals surface area contributed by atoms with Crippen LogP contribution in [0.15, 0.2) is 52.3 Å². The van der Waals surface area contributed by atoms with E-state index in [0.29, 0.717) is 22.3 Å². The van der Waals surface area contributed by atoms with Gasteiger partial charge in [0.2, 0.25) is 0 Å². The smallest absolute Gasteiger partial charge is 0.347 e. The molecule has 3 aromatic carbocycles. The molecule has 0 saturated heterocycles. The normalized spacial score (nSPS) is 14.8. The van der Waals surface area contributed by atoms with E-state index in [-0.39, 0.29) is 0 Å². The van der Waals surface area contributed by atoms with Crippen molar-refractivity contribution in [2.24, 2.45) is 0 Å². The van der Waals surface area contributed by atoms with Crippen molar-refractivity contribution in [3.8, 4) is 5.75 Å². The Labute approximate surface area is 147 Å². The Morgan fingerprint density at radius 2 is 1.88 bits per heavy atom. The lowest BCUT2D eigenvalue weighted by Crippen LogP contribution is -2.04. The second kappa shape index (κ2) is 5.10. The average Bonchev–Trinajstić information content (AvgIpc) is 2.93. The number of ether oxygens (including phenoxy) is 2. The molecule has 122 valence electrons. The van der Waals surface area contributed by atoms with Crippen LogP contribution in [0.25, 0.3) is 10.8 Å². The number of fused-ring (bicyclic) bond motifs is 6. The fraction of sp³-hybridized carbons (Fsp3) is 0.100. The van der Waals surface area contributed by atoms with Gasteiger partial charge in [-0.1, -0.05) is 36.0 Å². The molecule has 0 aliphatic carbocycles. The standard InChI is InChI=1S/C20H12O4S/c1-23-15-9-13-11(6-7-12-17(13)20(22)24-19(12)21)14-8-10-4-2-3-5-16(10)25-18(14)15/h2-7,9H,8H2,1H3. The van der Waals surface area contributed by atoms with Crippen LogP contribution in [0.5, 0.6) is 5.75 Å². The van der Waals surface area contributed by atoms with E-state index in [1.54, 1.807) is 24.9 Å². The lowest BCUT2D eigenvalue weighted by Gasteiger charge is -2.23. The third-order valence-corrected chi connectivity index (χ3v) is 6.00. The molecular formula is C20H12O4S. The average molecular weight is 348 g/mol. The molecule has 4 nitrogen and oxygen atoms in total. The number of hydrogen-bond acceptors (Lipinski definition) is 5. The number of carbonyl (C=O) groups excluding carboxylic acids is 2. The second-order valence-corrected chi connectivity index (χ2v) is 7.09. The quantitative estimate of drug-likeness (QED) is 0.381. The number of benzene rings is 3. The Morgan fingerprint density at radius 1 is 1.04 bits per heavy atom. The third kappa shape index (κ3) is 1.96. The predicted molar refractivity (Wildman–Crippen MR) is 93.6 cm³/mol. The highest BCUT2D eigenvalue weighted by Gasteiger charge is 2.33. The van der Waals surface area contributed by atoms with Gasteiger partial charge in [0, 0.05) is 16.7 Å². The molecular weight excluding hydrogens is 336 g/mol. The van der Waals surface area contributed by atoms with Crippen molar-refractivity contribution in [1.29, 1.82) is 0 Å². The monoisotopic (exact) mass is 348 g/mol. The SMILES string of the molecule is COc1cc2c3c(ccc2c2c1Sc1ccccc1C2)C(=O)OC3=O. The van der Waals surface area contributed by atoms with E-state index >= 15 is 0 Å². The zero-order valence-electron chi connectivity index (χ0n) is 13.3. The van der Waals surface area contributed by atoms with Crippen LogP contribution in [0.3, 0.4) is 0 Å². The molecule has 0 spiro atoms. The summed E-state index contributed by atoms with van der Waals surface area (Å²) in [5.74, 6) is -0.461. The van der Waals surface area contributed by atoms with Gasteiger partial charge in [-0.3, -0.25) is 0 Å². The molecule has 0 N–H and O–H groups in total. The fourth-order valence-corrected chi connectivity index (χ4v) is 4.76. The fourth-order valence-electron chi connectivity index (χ4n) is 3.57. The van der Waals surface area contributed by atoms with E-state index in [2.05, 4.69) is 12.1 Å². The first-order chi connectivity index (χ1) is 12.2. The minimum absolute atomic E-state index is 0.323. The Kier molecular flexibility index (Phi) is 2.97. The summed E-state index contributed by atoms with van der Waals surface area (Å²) in [7, 11) is 1.62. The molecule has 0 fully saturated rings. The summed E-state index contributed by atoms with van der Waals surface area (Å²) in [6.07, 6.45) is 0.758. The molecule has 0 saturated carbocycles. The number of rotatable bonds is 1. The summed E-state index contributed by atoms with van der Waals surface area (Å²) in [6.45, 7) is 0. The van der Waals surface area contributed by atoms with Crippen LogP contribution in [-0.2, 0) is 11.2 Å². The van der Waals surface area contributed by atoms with Gasteiger partial charge in [0.15, 0.2) is 0 Å². The van der Waals surface area contributed by atoms with Gasteiger partial charge in [-0.25, -0.2) is 9.59 Å². The van der Waals surface area contributed by atoms with Gasteiger partial charge in [0.05, 0.1) is 23.1 Å². The first kappa shape index (κ1) is 14.5. The topological polar surface area (TPSA) is 52.6 Å². The zero-order valence-corrected chi connectivity index (χ0v) is 14.1. The number of methoxy groups -OCH3 is 1. The van der Waals surface area contributed by atoms with E-state index < -0.39 is 11.9 Å². The van der Waals surface area contributed by atoms with E-state index in [1.807, 2.05) is 24.3 Å². The molecule has 0 atom stereocenters. The third-order valence-electron chi connectivity index (χ3n) is 4.73. The lowest BCUT2D eigenvalue weighted by atomic mass is 9.93. The summed E-state index contributed by atoms with van der Waals surface area (Å²) < 4.78 is 10.4. The number of cyclic esters (lactones) is 2. The molecule has 5 heteroatoms. The van der Waals surface area contributed by atoms with Crippen molar-refractivity contribution in [3.05, 3.63) is 64.7 Å². The summed E-state index contributed by atoms with van der Waals surface area (Å²) in [5.41, 5.74) is 3.03. The maximum Gasteiger partial charge on any atom is 0.347 e. The summed E-state index contributed by atoms with van der Waals surface area (Å²) in [5, 5.41) is 1.67. The second-order valence-electron chi connectivity index (χ2n) is 6.03. The molecule has 0 radical (unpaired) electrons. The van der Waals surface area contributed by atoms with Gasteiger partial charge in [-0.2, -0.15) is 0 Å². The molecule has 2 aliphatic rings. The van der Waals surface area contributed by atoms with Gasteiger partial charge in [-0.05, 0) is 34.7 Å². The molecule has 0 amide bonds. The van der Waals surface area contributed by atoms with E-state index in [0.717, 1.165) is 22.3 Å². The molecule has 0 unspecified atom stereocenters. The van der Waals surface area contributed by atoms with Crippen molar-refractivity contribution >= 4 is 34.5 Å². The van der Waals surface area contributed by atoms with Crippen molar-refractivity contribution in [2.75, 3.05) is 7.11 Å². The van der Waals surface area contributed by atoms with Crippen LogP contribution in [0.1, 0.15) is 31.8 Å². The highest BCUT2D eigenvalue weighted by atomic mass is 32.2. The molecule has 25 heavy (non-hydrogen) atoms. The van der Waals surface area contributed by atoms with Crippen LogP contribution in [0.2, 0.25) is 0 Å². The van der Waals surface area contributed by atoms with Gasteiger partial charge < -0.3 is 9.47 Å². The first-order valence-electron chi connectivity index (χ1n) is 7.86. The molecule has 0 aromatic heterocycles. The van der Waals surface area contributed by atoms with Gasteiger partial charge >= 0.3 is 11.9 Å². The Bertz CT molecular complexity index is 1100. The summed E-state index contributed by atoms with van der Waals surface area (Å²) >= 11 is 1.68. The number of hydrogen-bond donors (Lipinski definition) is 0. The Hall–Kier alpha value is -2.79. The highest BCUT2D eigenvalue weighted by molar-refractivity contribution is 7.99. The van der Waals surface area contributed by atoms with Crippen molar-refractivity contribution in [1.82, 2.24) is 0 Å². The minimum Gasteiger partial charge on any atom is -0.496 e. The first-order valence-corrected chi connectivity index (χ1v) is 8.68. The Balaban J connectivity index is 1.85. The lowest BCUT2D eigenvalue weighted by molar-refractivity contribution is 0.0444. The number of esters is 2. The molecule has 0 bridgehead atoms. The zero-order chi connectivity index (χ0) is 17.1. The largest absolute Gasteiger partial charge is 0.496 e. The molecule has 2 heterocycles. The van der Waals surface area contributed by atoms with Crippen molar-refractivity contribution < 1.29 is 19.1 Å².